The highest BCUT2D eigenvalue weighted by Gasteiger charge is 2.06. The molecule has 0 unspecified atom stereocenters. The third kappa shape index (κ3) is 2.58. The summed E-state index contributed by atoms with van der Waals surface area (Å²) in [5.41, 5.74) is 6.33. The lowest BCUT2D eigenvalue weighted by molar-refractivity contribution is 0.375. The largest absolute Gasteiger partial charge is 0.508 e. The predicted molar refractivity (Wildman–Crippen MR) is 58.0 cm³/mol. The van der Waals surface area contributed by atoms with Crippen molar-refractivity contribution in [1.29, 1.82) is 0 Å². The van der Waals surface area contributed by atoms with Crippen LogP contribution in [0.25, 0.3) is 0 Å². The molecule has 0 saturated carbocycles. The molecule has 2 aromatic rings. The quantitative estimate of drug-likeness (QED) is 0.796. The summed E-state index contributed by atoms with van der Waals surface area (Å²) in [5.74, 6) is 1.40. The number of nitrogens with two attached hydrogens (primary N) is 1. The third-order valence-corrected chi connectivity index (χ3v) is 2.14. The minimum atomic E-state index is 0.239. The van der Waals surface area contributed by atoms with E-state index in [1.165, 1.54) is 0 Å². The highest BCUT2D eigenvalue weighted by atomic mass is 16.5. The minimum absolute atomic E-state index is 0.239. The molecule has 1 heterocycles. The van der Waals surface area contributed by atoms with Gasteiger partial charge in [-0.1, -0.05) is 17.3 Å². The third-order valence-electron chi connectivity index (χ3n) is 2.14. The van der Waals surface area contributed by atoms with Crippen LogP contribution in [0.1, 0.15) is 17.3 Å². The number of hydrogen-bond donors (Lipinski definition) is 2. The molecule has 0 amide bonds. The Hall–Kier alpha value is -1.88. The van der Waals surface area contributed by atoms with Crippen molar-refractivity contribution in [2.24, 2.45) is 5.73 Å². The monoisotopic (exact) mass is 219 g/mol. The molecular formula is C11H13N3O2. The van der Waals surface area contributed by atoms with Gasteiger partial charge in [0, 0.05) is 19.4 Å². The van der Waals surface area contributed by atoms with Crippen molar-refractivity contribution in [1.82, 2.24) is 10.1 Å². The molecule has 0 aliphatic rings. The van der Waals surface area contributed by atoms with Crippen LogP contribution in [0.2, 0.25) is 0 Å². The van der Waals surface area contributed by atoms with Gasteiger partial charge in [0.15, 0.2) is 5.82 Å². The van der Waals surface area contributed by atoms with E-state index in [0.717, 1.165) is 5.56 Å². The number of aromatic hydroxyl groups is 1. The van der Waals surface area contributed by atoms with Crippen molar-refractivity contribution < 1.29 is 9.63 Å². The van der Waals surface area contributed by atoms with Crippen LogP contribution in [0.15, 0.2) is 28.8 Å². The number of benzene rings is 1. The average Bonchev–Trinajstić information content (AvgIpc) is 2.66. The SMILES string of the molecule is NCCc1nc(Cc2cccc(O)c2)no1. The van der Waals surface area contributed by atoms with Crippen LogP contribution in [-0.2, 0) is 12.8 Å². The Kier molecular flexibility index (Phi) is 3.16. The number of aromatic nitrogens is 2. The van der Waals surface area contributed by atoms with Crippen molar-refractivity contribution in [2.75, 3.05) is 6.54 Å². The first kappa shape index (κ1) is 10.6. The van der Waals surface area contributed by atoms with Gasteiger partial charge in [-0.25, -0.2) is 0 Å². The maximum absolute atomic E-state index is 9.30. The average molecular weight is 219 g/mol. The number of nitrogens with zero attached hydrogens (tertiary/aromatic N) is 2. The molecule has 3 N–H and O–H groups in total. The van der Waals surface area contributed by atoms with Gasteiger partial charge in [-0.05, 0) is 17.7 Å². The molecule has 1 aromatic heterocycles. The first-order chi connectivity index (χ1) is 7.78. The molecule has 5 nitrogen and oxygen atoms in total. The Morgan fingerprint density at radius 3 is 3.00 bits per heavy atom. The number of phenolic OH excluding ortho intramolecular Hbond substituents is 1. The zero-order chi connectivity index (χ0) is 11.4. The van der Waals surface area contributed by atoms with Gasteiger partial charge in [0.1, 0.15) is 5.75 Å². The summed E-state index contributed by atoms with van der Waals surface area (Å²) >= 11 is 0. The van der Waals surface area contributed by atoms with E-state index in [2.05, 4.69) is 10.1 Å². The Morgan fingerprint density at radius 1 is 1.38 bits per heavy atom. The normalized spacial score (nSPS) is 10.6. The standard InChI is InChI=1S/C11H13N3O2/c12-5-4-11-13-10(14-16-11)7-8-2-1-3-9(15)6-8/h1-3,6,15H,4-5,7,12H2. The van der Waals surface area contributed by atoms with Crippen LogP contribution in [0.4, 0.5) is 0 Å². The first-order valence-electron chi connectivity index (χ1n) is 5.07. The minimum Gasteiger partial charge on any atom is -0.508 e. The van der Waals surface area contributed by atoms with Crippen molar-refractivity contribution in [2.45, 2.75) is 12.8 Å². The zero-order valence-electron chi connectivity index (χ0n) is 8.76. The summed E-state index contributed by atoms with van der Waals surface area (Å²) in [7, 11) is 0. The van der Waals surface area contributed by atoms with Crippen LogP contribution in [0, 0.1) is 0 Å². The second kappa shape index (κ2) is 4.76. The van der Waals surface area contributed by atoms with Crippen molar-refractivity contribution in [3.8, 4) is 5.75 Å². The van der Waals surface area contributed by atoms with Crippen LogP contribution < -0.4 is 5.73 Å². The van der Waals surface area contributed by atoms with Crippen LogP contribution in [-0.4, -0.2) is 21.8 Å². The number of hydrogen-bond acceptors (Lipinski definition) is 5. The Balaban J connectivity index is 2.08. The fraction of sp³-hybridized carbons (Fsp3) is 0.273. The number of phenols is 1. The van der Waals surface area contributed by atoms with Gasteiger partial charge in [-0.15, -0.1) is 0 Å². The van der Waals surface area contributed by atoms with Gasteiger partial charge in [0.05, 0.1) is 0 Å². The summed E-state index contributed by atoms with van der Waals surface area (Å²) in [6, 6.07) is 6.99. The first-order valence-corrected chi connectivity index (χ1v) is 5.07. The van der Waals surface area contributed by atoms with Crippen molar-refractivity contribution in [3.63, 3.8) is 0 Å². The summed E-state index contributed by atoms with van der Waals surface area (Å²) in [6.07, 6.45) is 1.13. The highest BCUT2D eigenvalue weighted by Crippen LogP contribution is 2.13. The maximum Gasteiger partial charge on any atom is 0.227 e. The van der Waals surface area contributed by atoms with Gasteiger partial charge in [0.25, 0.3) is 0 Å². The van der Waals surface area contributed by atoms with Crippen LogP contribution >= 0.6 is 0 Å². The molecule has 5 heteroatoms. The highest BCUT2D eigenvalue weighted by molar-refractivity contribution is 5.28. The second-order valence-corrected chi connectivity index (χ2v) is 3.49. The molecule has 0 spiro atoms. The van der Waals surface area contributed by atoms with Gasteiger partial charge in [0.2, 0.25) is 5.89 Å². The molecule has 0 atom stereocenters. The van der Waals surface area contributed by atoms with E-state index in [0.29, 0.717) is 31.1 Å². The van der Waals surface area contributed by atoms with E-state index in [9.17, 15) is 5.11 Å². The van der Waals surface area contributed by atoms with Gasteiger partial charge >= 0.3 is 0 Å². The predicted octanol–water partition coefficient (Wildman–Crippen LogP) is 0.867. The van der Waals surface area contributed by atoms with Crippen molar-refractivity contribution in [3.05, 3.63) is 41.5 Å². The second-order valence-electron chi connectivity index (χ2n) is 3.49. The van der Waals surface area contributed by atoms with Gasteiger partial charge < -0.3 is 15.4 Å². The smallest absolute Gasteiger partial charge is 0.227 e. The molecular weight excluding hydrogens is 206 g/mol. The van der Waals surface area contributed by atoms with E-state index in [1.54, 1.807) is 18.2 Å². The lowest BCUT2D eigenvalue weighted by Crippen LogP contribution is -2.02. The maximum atomic E-state index is 9.30. The summed E-state index contributed by atoms with van der Waals surface area (Å²) in [5, 5.41) is 13.1. The molecule has 2 rings (SSSR count). The van der Waals surface area contributed by atoms with E-state index >= 15 is 0 Å². The van der Waals surface area contributed by atoms with E-state index in [4.69, 9.17) is 10.3 Å². The molecule has 1 aromatic carbocycles. The number of rotatable bonds is 4. The van der Waals surface area contributed by atoms with Gasteiger partial charge in [-0.3, -0.25) is 0 Å². The molecule has 0 bridgehead atoms. The van der Waals surface area contributed by atoms with Crippen LogP contribution in [0.5, 0.6) is 5.75 Å². The summed E-state index contributed by atoms with van der Waals surface area (Å²) < 4.78 is 5.00. The zero-order valence-corrected chi connectivity index (χ0v) is 8.76. The summed E-state index contributed by atoms with van der Waals surface area (Å²) in [6.45, 7) is 0.494. The Bertz CT molecular complexity index is 468. The molecule has 0 aliphatic heterocycles. The molecule has 0 radical (unpaired) electrons. The molecule has 0 fully saturated rings. The fourth-order valence-electron chi connectivity index (χ4n) is 1.44. The fourth-order valence-corrected chi connectivity index (χ4v) is 1.44. The van der Waals surface area contributed by atoms with E-state index in [1.807, 2.05) is 6.07 Å². The molecule has 84 valence electrons. The topological polar surface area (TPSA) is 85.2 Å². The lowest BCUT2D eigenvalue weighted by atomic mass is 10.1. The lowest BCUT2D eigenvalue weighted by Gasteiger charge is -1.96. The van der Waals surface area contributed by atoms with Gasteiger partial charge in [-0.2, -0.15) is 4.98 Å². The van der Waals surface area contributed by atoms with E-state index < -0.39 is 0 Å². The molecule has 0 aliphatic carbocycles. The molecule has 0 saturated heterocycles. The molecule has 16 heavy (non-hydrogen) atoms. The summed E-state index contributed by atoms with van der Waals surface area (Å²) in [4.78, 5) is 4.19. The van der Waals surface area contributed by atoms with Crippen molar-refractivity contribution >= 4 is 0 Å². The van der Waals surface area contributed by atoms with E-state index in [-0.39, 0.29) is 5.75 Å². The Morgan fingerprint density at radius 2 is 2.25 bits per heavy atom. The Labute approximate surface area is 92.9 Å². The van der Waals surface area contributed by atoms with Crippen LogP contribution in [0.3, 0.4) is 0 Å².